The number of hydrogen-bond donors (Lipinski definition) is 3. The van der Waals surface area contributed by atoms with Gasteiger partial charge in [0.2, 0.25) is 11.9 Å². The predicted octanol–water partition coefficient (Wildman–Crippen LogP) is 4.72. The van der Waals surface area contributed by atoms with Gasteiger partial charge in [-0.3, -0.25) is 4.79 Å². The molecule has 0 bridgehead atoms. The monoisotopic (exact) mass is 419 g/mol. The summed E-state index contributed by atoms with van der Waals surface area (Å²) in [6.07, 6.45) is 2.95. The number of anilines is 5. The van der Waals surface area contributed by atoms with E-state index in [2.05, 4.69) is 32.5 Å². The third-order valence-corrected chi connectivity index (χ3v) is 4.58. The number of nitrogens with one attached hydrogen (secondary N) is 3. The Morgan fingerprint density at radius 3 is 2.55 bits per heavy atom. The number of ether oxygens (including phenoxy) is 2. The fraction of sp³-hybridized carbons (Fsp3) is 0.174. The van der Waals surface area contributed by atoms with Gasteiger partial charge in [0.1, 0.15) is 17.3 Å². The third kappa shape index (κ3) is 5.11. The van der Waals surface area contributed by atoms with Gasteiger partial charge in [0.25, 0.3) is 0 Å². The second-order valence-corrected chi connectivity index (χ2v) is 6.72. The van der Waals surface area contributed by atoms with E-state index in [0.29, 0.717) is 23.2 Å². The summed E-state index contributed by atoms with van der Waals surface area (Å²) in [6, 6.07) is 11.0. The van der Waals surface area contributed by atoms with Crippen molar-refractivity contribution in [1.29, 1.82) is 0 Å². The van der Waals surface area contributed by atoms with Gasteiger partial charge < -0.3 is 25.4 Å². The summed E-state index contributed by atoms with van der Waals surface area (Å²) in [5, 5.41) is 9.21. The Morgan fingerprint density at radius 2 is 1.84 bits per heavy atom. The molecule has 0 aliphatic carbocycles. The summed E-state index contributed by atoms with van der Waals surface area (Å²) in [5.74, 6) is 2.16. The Kier molecular flexibility index (Phi) is 6.71. The van der Waals surface area contributed by atoms with E-state index in [-0.39, 0.29) is 5.91 Å². The van der Waals surface area contributed by atoms with Crippen LogP contribution in [0.25, 0.3) is 0 Å². The molecule has 8 heteroatoms. The predicted molar refractivity (Wildman–Crippen MR) is 123 cm³/mol. The molecule has 0 fully saturated rings. The number of benzene rings is 2. The first-order valence-electron chi connectivity index (χ1n) is 9.58. The Morgan fingerprint density at radius 1 is 1.06 bits per heavy atom. The Labute approximate surface area is 181 Å². The molecule has 0 aliphatic heterocycles. The molecule has 2 aromatic carbocycles. The zero-order valence-corrected chi connectivity index (χ0v) is 17.9. The van der Waals surface area contributed by atoms with Crippen molar-refractivity contribution in [3.05, 3.63) is 66.4 Å². The van der Waals surface area contributed by atoms with Gasteiger partial charge in [-0.05, 0) is 50.3 Å². The minimum atomic E-state index is -0.273. The van der Waals surface area contributed by atoms with Gasteiger partial charge in [-0.25, -0.2) is 4.98 Å². The van der Waals surface area contributed by atoms with Crippen LogP contribution in [0.3, 0.4) is 0 Å². The largest absolute Gasteiger partial charge is 0.496 e. The van der Waals surface area contributed by atoms with E-state index in [9.17, 15) is 4.79 Å². The fourth-order valence-electron chi connectivity index (χ4n) is 3.01. The van der Waals surface area contributed by atoms with Crippen molar-refractivity contribution in [2.75, 3.05) is 30.2 Å². The van der Waals surface area contributed by atoms with Crippen LogP contribution < -0.4 is 25.4 Å². The van der Waals surface area contributed by atoms with Crippen molar-refractivity contribution in [2.24, 2.45) is 0 Å². The first-order valence-corrected chi connectivity index (χ1v) is 9.58. The van der Waals surface area contributed by atoms with E-state index in [4.69, 9.17) is 9.47 Å². The molecule has 31 heavy (non-hydrogen) atoms. The number of methoxy groups -OCH3 is 2. The second kappa shape index (κ2) is 9.62. The first kappa shape index (κ1) is 21.6. The van der Waals surface area contributed by atoms with Crippen LogP contribution in [-0.4, -0.2) is 30.1 Å². The minimum absolute atomic E-state index is 0.273. The van der Waals surface area contributed by atoms with Gasteiger partial charge in [0.05, 0.1) is 19.9 Å². The van der Waals surface area contributed by atoms with Crippen molar-refractivity contribution in [3.63, 3.8) is 0 Å². The first-order chi connectivity index (χ1) is 14.9. The summed E-state index contributed by atoms with van der Waals surface area (Å²) in [6.45, 7) is 7.29. The number of amides is 1. The molecule has 8 nitrogen and oxygen atoms in total. The minimum Gasteiger partial charge on any atom is -0.496 e. The van der Waals surface area contributed by atoms with Crippen molar-refractivity contribution < 1.29 is 14.3 Å². The van der Waals surface area contributed by atoms with Crippen molar-refractivity contribution in [3.8, 4) is 11.5 Å². The average molecular weight is 419 g/mol. The highest BCUT2D eigenvalue weighted by atomic mass is 16.5. The number of aromatic nitrogens is 2. The van der Waals surface area contributed by atoms with Gasteiger partial charge in [-0.15, -0.1) is 0 Å². The molecule has 1 heterocycles. The molecule has 3 rings (SSSR count). The second-order valence-electron chi connectivity index (χ2n) is 6.72. The van der Waals surface area contributed by atoms with Crippen LogP contribution in [0.5, 0.6) is 11.5 Å². The van der Waals surface area contributed by atoms with Crippen LogP contribution in [0.2, 0.25) is 0 Å². The summed E-state index contributed by atoms with van der Waals surface area (Å²) in [4.78, 5) is 20.5. The molecule has 0 spiro atoms. The molecule has 0 atom stereocenters. The summed E-state index contributed by atoms with van der Waals surface area (Å²) < 4.78 is 10.9. The van der Waals surface area contributed by atoms with Crippen molar-refractivity contribution in [1.82, 2.24) is 9.97 Å². The summed E-state index contributed by atoms with van der Waals surface area (Å²) in [7, 11) is 3.22. The number of hydrogen-bond acceptors (Lipinski definition) is 7. The zero-order chi connectivity index (χ0) is 22.4. The maximum Gasteiger partial charge on any atom is 0.247 e. The number of carbonyl (C=O) groups is 1. The van der Waals surface area contributed by atoms with Gasteiger partial charge in [-0.2, -0.15) is 4.98 Å². The molecule has 1 aromatic heterocycles. The maximum absolute atomic E-state index is 11.5. The molecule has 3 N–H and O–H groups in total. The molecular formula is C23H25N5O3. The lowest BCUT2D eigenvalue weighted by atomic mass is 10.1. The van der Waals surface area contributed by atoms with Crippen LogP contribution in [0.1, 0.15) is 11.1 Å². The number of carbonyl (C=O) groups excluding carboxylic acids is 1. The maximum atomic E-state index is 11.5. The van der Waals surface area contributed by atoms with E-state index in [1.807, 2.05) is 44.2 Å². The van der Waals surface area contributed by atoms with Gasteiger partial charge >= 0.3 is 0 Å². The van der Waals surface area contributed by atoms with E-state index in [1.54, 1.807) is 26.5 Å². The van der Waals surface area contributed by atoms with Crippen LogP contribution in [-0.2, 0) is 4.79 Å². The van der Waals surface area contributed by atoms with Crippen molar-refractivity contribution in [2.45, 2.75) is 13.8 Å². The van der Waals surface area contributed by atoms with Crippen LogP contribution in [0, 0.1) is 13.8 Å². The molecule has 3 aromatic rings. The van der Waals surface area contributed by atoms with Crippen LogP contribution >= 0.6 is 0 Å². The lowest BCUT2D eigenvalue weighted by Gasteiger charge is -2.16. The van der Waals surface area contributed by atoms with E-state index in [1.165, 1.54) is 6.08 Å². The van der Waals surface area contributed by atoms with E-state index >= 15 is 0 Å². The summed E-state index contributed by atoms with van der Waals surface area (Å²) in [5.41, 5.74) is 3.89. The van der Waals surface area contributed by atoms with E-state index in [0.717, 1.165) is 28.3 Å². The Hall–Kier alpha value is -4.07. The summed E-state index contributed by atoms with van der Waals surface area (Å²) >= 11 is 0. The van der Waals surface area contributed by atoms with Gasteiger partial charge in [0, 0.05) is 28.7 Å². The quantitative estimate of drug-likeness (QED) is 0.454. The van der Waals surface area contributed by atoms with Gasteiger partial charge in [0.15, 0.2) is 0 Å². The molecule has 0 radical (unpaired) electrons. The van der Waals surface area contributed by atoms with Crippen molar-refractivity contribution >= 4 is 34.7 Å². The Balaban J connectivity index is 1.85. The highest BCUT2D eigenvalue weighted by Gasteiger charge is 2.13. The van der Waals surface area contributed by atoms with E-state index < -0.39 is 0 Å². The fourth-order valence-corrected chi connectivity index (χ4v) is 3.01. The SMILES string of the molecule is C=CC(=O)Nc1cccc(Nc2nc(Nc3ccc(OC)c(C)c3OC)ncc2C)c1. The highest BCUT2D eigenvalue weighted by molar-refractivity contribution is 5.99. The standard InChI is InChI=1S/C23H25N5O3/c1-6-20(29)25-16-8-7-9-17(12-16)26-22-14(2)13-24-23(28-22)27-18-10-11-19(30-4)15(3)21(18)31-5/h6-13H,1H2,2-5H3,(H,25,29)(H2,24,26,27,28). The molecule has 1 amide bonds. The number of rotatable bonds is 8. The number of nitrogens with zero attached hydrogens (tertiary/aromatic N) is 2. The van der Waals surface area contributed by atoms with Crippen LogP contribution in [0.4, 0.5) is 28.8 Å². The topological polar surface area (TPSA) is 97.4 Å². The highest BCUT2D eigenvalue weighted by Crippen LogP contribution is 2.36. The van der Waals surface area contributed by atoms with Gasteiger partial charge in [-0.1, -0.05) is 12.6 Å². The molecule has 0 saturated carbocycles. The third-order valence-electron chi connectivity index (χ3n) is 4.58. The molecule has 160 valence electrons. The number of aryl methyl sites for hydroxylation is 1. The molecular weight excluding hydrogens is 394 g/mol. The smallest absolute Gasteiger partial charge is 0.247 e. The van der Waals surface area contributed by atoms with Crippen LogP contribution in [0.15, 0.2) is 55.3 Å². The normalized spacial score (nSPS) is 10.2. The zero-order valence-electron chi connectivity index (χ0n) is 17.9. The lowest BCUT2D eigenvalue weighted by molar-refractivity contribution is -0.111. The average Bonchev–Trinajstić information content (AvgIpc) is 2.76. The molecule has 0 aliphatic rings. The Bertz CT molecular complexity index is 1110. The lowest BCUT2D eigenvalue weighted by Crippen LogP contribution is -2.07. The molecule has 0 unspecified atom stereocenters. The molecule has 0 saturated heterocycles.